The highest BCUT2D eigenvalue weighted by molar-refractivity contribution is 7.89. The highest BCUT2D eigenvalue weighted by Crippen LogP contribution is 2.26. The van der Waals surface area contributed by atoms with E-state index < -0.39 is 10.0 Å². The molecular weight excluding hydrogens is 452 g/mol. The Morgan fingerprint density at radius 1 is 0.912 bits per heavy atom. The molecule has 182 valence electrons. The van der Waals surface area contributed by atoms with E-state index in [2.05, 4.69) is 5.32 Å². The van der Waals surface area contributed by atoms with Crippen molar-refractivity contribution < 1.29 is 18.0 Å². The molecule has 2 aromatic rings. The Morgan fingerprint density at radius 3 is 2.24 bits per heavy atom. The van der Waals surface area contributed by atoms with Crippen LogP contribution in [-0.2, 0) is 19.6 Å². The molecule has 0 saturated carbocycles. The number of amides is 2. The van der Waals surface area contributed by atoms with Gasteiger partial charge in [0.25, 0.3) is 0 Å². The van der Waals surface area contributed by atoms with Gasteiger partial charge < -0.3 is 10.2 Å². The first-order chi connectivity index (χ1) is 16.3. The van der Waals surface area contributed by atoms with E-state index in [1.807, 2.05) is 40.1 Å². The number of carbonyl (C=O) groups is 2. The summed E-state index contributed by atoms with van der Waals surface area (Å²) in [6, 6.07) is 16.1. The molecule has 2 aliphatic rings. The lowest BCUT2D eigenvalue weighted by molar-refractivity contribution is -0.134. The number of sulfonamides is 1. The standard InChI is InChI=1S/C25H32N4O4S/c1-20(30)29-17-16-27(18-24(29)21-8-4-2-5-9-21)19-25(31)26-22-10-12-23(13-11-22)34(32,33)28-14-6-3-7-15-28/h2,4-5,8-13,24H,3,6-7,14-19H2,1H3,(H,26,31)/t24-/m0/s1. The Morgan fingerprint density at radius 2 is 1.59 bits per heavy atom. The van der Waals surface area contributed by atoms with Crippen LogP contribution in [-0.4, -0.2) is 73.6 Å². The summed E-state index contributed by atoms with van der Waals surface area (Å²) in [6.07, 6.45) is 2.84. The van der Waals surface area contributed by atoms with Crippen molar-refractivity contribution in [2.24, 2.45) is 0 Å². The quantitative estimate of drug-likeness (QED) is 0.681. The lowest BCUT2D eigenvalue weighted by atomic mass is 10.0. The first-order valence-corrected chi connectivity index (χ1v) is 13.2. The van der Waals surface area contributed by atoms with E-state index in [9.17, 15) is 18.0 Å². The molecule has 1 atom stereocenters. The third-order valence-corrected chi connectivity index (χ3v) is 8.42. The first-order valence-electron chi connectivity index (χ1n) is 11.8. The molecular formula is C25H32N4O4S. The van der Waals surface area contributed by atoms with E-state index in [1.165, 1.54) is 4.31 Å². The molecule has 0 aliphatic carbocycles. The maximum atomic E-state index is 12.8. The van der Waals surface area contributed by atoms with Crippen molar-refractivity contribution in [1.29, 1.82) is 0 Å². The number of nitrogens with zero attached hydrogens (tertiary/aromatic N) is 3. The Bertz CT molecular complexity index is 1100. The zero-order valence-electron chi connectivity index (χ0n) is 19.5. The molecule has 8 nitrogen and oxygen atoms in total. The SMILES string of the molecule is CC(=O)N1CCN(CC(=O)Nc2ccc(S(=O)(=O)N3CCCCC3)cc2)C[C@H]1c1ccccc1. The lowest BCUT2D eigenvalue weighted by Gasteiger charge is -2.41. The number of hydrogen-bond acceptors (Lipinski definition) is 5. The van der Waals surface area contributed by atoms with E-state index in [0.717, 1.165) is 24.8 Å². The van der Waals surface area contributed by atoms with Gasteiger partial charge >= 0.3 is 0 Å². The largest absolute Gasteiger partial charge is 0.333 e. The summed E-state index contributed by atoms with van der Waals surface area (Å²) in [4.78, 5) is 29.0. The first kappa shape index (κ1) is 24.4. The smallest absolute Gasteiger partial charge is 0.243 e. The van der Waals surface area contributed by atoms with Crippen LogP contribution < -0.4 is 5.32 Å². The van der Waals surface area contributed by atoms with E-state index in [1.54, 1.807) is 31.2 Å². The summed E-state index contributed by atoms with van der Waals surface area (Å²) >= 11 is 0. The number of hydrogen-bond donors (Lipinski definition) is 1. The maximum absolute atomic E-state index is 12.8. The lowest BCUT2D eigenvalue weighted by Crippen LogP contribution is -2.51. The van der Waals surface area contributed by atoms with Gasteiger partial charge in [0.15, 0.2) is 0 Å². The van der Waals surface area contributed by atoms with Gasteiger partial charge in [0, 0.05) is 45.3 Å². The molecule has 1 N–H and O–H groups in total. The van der Waals surface area contributed by atoms with Crippen LogP contribution in [0.25, 0.3) is 0 Å². The second kappa shape index (κ2) is 10.7. The fourth-order valence-corrected chi connectivity index (χ4v) is 6.21. The summed E-state index contributed by atoms with van der Waals surface area (Å²) in [5.41, 5.74) is 1.61. The molecule has 2 fully saturated rings. The Kier molecular flexibility index (Phi) is 7.65. The summed E-state index contributed by atoms with van der Waals surface area (Å²) in [7, 11) is -3.49. The van der Waals surface area contributed by atoms with Gasteiger partial charge in [0.2, 0.25) is 21.8 Å². The minimum Gasteiger partial charge on any atom is -0.333 e. The number of carbonyl (C=O) groups excluding carboxylic acids is 2. The second-order valence-electron chi connectivity index (χ2n) is 8.91. The molecule has 4 rings (SSSR count). The van der Waals surface area contributed by atoms with Gasteiger partial charge in [0.1, 0.15) is 0 Å². The number of anilines is 1. The fraction of sp³-hybridized carbons (Fsp3) is 0.440. The normalized spacial score (nSPS) is 20.1. The second-order valence-corrected chi connectivity index (χ2v) is 10.8. The van der Waals surface area contributed by atoms with E-state index >= 15 is 0 Å². The number of piperidine rings is 1. The summed E-state index contributed by atoms with van der Waals surface area (Å²) in [6.45, 7) is 4.64. The van der Waals surface area contributed by atoms with Crippen molar-refractivity contribution in [3.8, 4) is 0 Å². The Labute approximate surface area is 201 Å². The molecule has 2 saturated heterocycles. The number of rotatable bonds is 6. The van der Waals surface area contributed by atoms with Crippen LogP contribution in [0.4, 0.5) is 5.69 Å². The van der Waals surface area contributed by atoms with Crippen LogP contribution in [0.1, 0.15) is 37.8 Å². The zero-order valence-corrected chi connectivity index (χ0v) is 20.3. The topological polar surface area (TPSA) is 90.0 Å². The van der Waals surface area contributed by atoms with Crippen molar-refractivity contribution in [2.45, 2.75) is 37.1 Å². The summed E-state index contributed by atoms with van der Waals surface area (Å²) in [5.74, 6) is -0.146. The molecule has 2 amide bonds. The van der Waals surface area contributed by atoms with Gasteiger partial charge in [-0.25, -0.2) is 8.42 Å². The Hall–Kier alpha value is -2.75. The third kappa shape index (κ3) is 5.65. The summed E-state index contributed by atoms with van der Waals surface area (Å²) in [5, 5.41) is 2.87. The summed E-state index contributed by atoms with van der Waals surface area (Å²) < 4.78 is 27.2. The van der Waals surface area contributed by atoms with Crippen LogP contribution in [0.2, 0.25) is 0 Å². The van der Waals surface area contributed by atoms with E-state index in [4.69, 9.17) is 0 Å². The molecule has 0 radical (unpaired) electrons. The molecule has 2 aromatic carbocycles. The van der Waals surface area contributed by atoms with Crippen LogP contribution >= 0.6 is 0 Å². The molecule has 9 heteroatoms. The molecule has 0 aromatic heterocycles. The van der Waals surface area contributed by atoms with Gasteiger partial charge in [-0.05, 0) is 42.7 Å². The minimum atomic E-state index is -3.49. The van der Waals surface area contributed by atoms with Gasteiger partial charge in [-0.1, -0.05) is 36.8 Å². The van der Waals surface area contributed by atoms with E-state index in [0.29, 0.717) is 38.4 Å². The van der Waals surface area contributed by atoms with Gasteiger partial charge in [-0.3, -0.25) is 14.5 Å². The maximum Gasteiger partial charge on any atom is 0.243 e. The molecule has 0 bridgehead atoms. The molecule has 0 unspecified atom stereocenters. The number of nitrogens with one attached hydrogen (secondary N) is 1. The van der Waals surface area contributed by atoms with Crippen molar-refractivity contribution in [2.75, 3.05) is 44.6 Å². The predicted octanol–water partition coefficient (Wildman–Crippen LogP) is 2.71. The average molecular weight is 485 g/mol. The monoisotopic (exact) mass is 484 g/mol. The fourth-order valence-electron chi connectivity index (χ4n) is 4.69. The molecule has 0 spiro atoms. The van der Waals surface area contributed by atoms with Crippen molar-refractivity contribution in [3.63, 3.8) is 0 Å². The highest BCUT2D eigenvalue weighted by Gasteiger charge is 2.31. The number of benzene rings is 2. The van der Waals surface area contributed by atoms with Crippen molar-refractivity contribution in [3.05, 3.63) is 60.2 Å². The van der Waals surface area contributed by atoms with Gasteiger partial charge in [-0.2, -0.15) is 4.31 Å². The highest BCUT2D eigenvalue weighted by atomic mass is 32.2. The zero-order chi connectivity index (χ0) is 24.1. The molecule has 2 heterocycles. The van der Waals surface area contributed by atoms with Crippen LogP contribution in [0.3, 0.4) is 0 Å². The van der Waals surface area contributed by atoms with Crippen molar-refractivity contribution in [1.82, 2.24) is 14.1 Å². The van der Waals surface area contributed by atoms with Crippen LogP contribution in [0, 0.1) is 0 Å². The number of piperazine rings is 1. The van der Waals surface area contributed by atoms with Gasteiger partial charge in [0.05, 0.1) is 17.5 Å². The van der Waals surface area contributed by atoms with Crippen LogP contribution in [0.5, 0.6) is 0 Å². The van der Waals surface area contributed by atoms with Crippen LogP contribution in [0.15, 0.2) is 59.5 Å². The molecule has 2 aliphatic heterocycles. The predicted molar refractivity (Wildman–Crippen MR) is 131 cm³/mol. The van der Waals surface area contributed by atoms with Crippen molar-refractivity contribution >= 4 is 27.5 Å². The average Bonchev–Trinajstić information content (AvgIpc) is 2.85. The minimum absolute atomic E-state index is 0.0255. The third-order valence-electron chi connectivity index (χ3n) is 6.51. The van der Waals surface area contributed by atoms with E-state index in [-0.39, 0.29) is 29.3 Å². The Balaban J connectivity index is 1.36. The molecule has 34 heavy (non-hydrogen) atoms. The van der Waals surface area contributed by atoms with Gasteiger partial charge in [-0.15, -0.1) is 0 Å².